The molecule has 0 saturated carbocycles. The van der Waals surface area contributed by atoms with E-state index in [9.17, 15) is 0 Å². The molecule has 0 bridgehead atoms. The van der Waals surface area contributed by atoms with Crippen molar-refractivity contribution >= 4 is 12.2 Å². The minimum atomic E-state index is 0.188. The highest BCUT2D eigenvalue weighted by atomic mass is 32.1. The minimum absolute atomic E-state index is 0.188. The first-order valence-corrected chi connectivity index (χ1v) is 4.15. The Kier molecular flexibility index (Phi) is 5.93. The first-order chi connectivity index (χ1) is 5.83. The van der Waals surface area contributed by atoms with E-state index in [4.69, 9.17) is 5.26 Å². The Morgan fingerprint density at radius 1 is 1.67 bits per heavy atom. The maximum atomic E-state index is 8.19. The summed E-state index contributed by atoms with van der Waals surface area (Å²) in [4.78, 5) is 3.98. The molecule has 1 heterocycles. The highest BCUT2D eigenvalue weighted by Crippen LogP contribution is 1.94. The van der Waals surface area contributed by atoms with Crippen molar-refractivity contribution in [1.29, 1.82) is 5.26 Å². The Labute approximate surface area is 76.2 Å². The van der Waals surface area contributed by atoms with Gasteiger partial charge in [-0.15, -0.1) is 0 Å². The molecular formula is C7H11N3OS. The largest absolute Gasteiger partial charge is 0.348 e. The van der Waals surface area contributed by atoms with E-state index in [2.05, 4.69) is 26.9 Å². The smallest absolute Gasteiger partial charge is 0.314 e. The summed E-state index contributed by atoms with van der Waals surface area (Å²) >= 11 is 4.59. The molecule has 5 heteroatoms. The molecule has 1 rings (SSSR count). The second-order valence-electron chi connectivity index (χ2n) is 1.69. The van der Waals surface area contributed by atoms with Gasteiger partial charge in [-0.3, -0.25) is 0 Å². The summed E-state index contributed by atoms with van der Waals surface area (Å²) < 4.78 is 4.63. The lowest BCUT2D eigenvalue weighted by atomic mass is 10.3. The molecule has 0 aromatic carbocycles. The number of hydrogen-bond donors (Lipinski definition) is 1. The Hall–Kier alpha value is -1.15. The highest BCUT2D eigenvalue weighted by molar-refractivity contribution is 7.71. The van der Waals surface area contributed by atoms with E-state index >= 15 is 0 Å². The maximum Gasteiger partial charge on any atom is 0.314 e. The van der Waals surface area contributed by atoms with Gasteiger partial charge in [0.25, 0.3) is 0 Å². The zero-order valence-electron chi connectivity index (χ0n) is 7.13. The number of aryl methyl sites for hydroxylation is 1. The van der Waals surface area contributed by atoms with Gasteiger partial charge in [0.2, 0.25) is 0 Å². The molecule has 0 unspecified atom stereocenters. The van der Waals surface area contributed by atoms with Crippen LogP contribution in [0.15, 0.2) is 4.52 Å². The van der Waals surface area contributed by atoms with Gasteiger partial charge in [0, 0.05) is 12.8 Å². The predicted molar refractivity (Wildman–Crippen MR) is 47.0 cm³/mol. The third kappa shape index (κ3) is 3.88. The first-order valence-electron chi connectivity index (χ1n) is 3.74. The summed E-state index contributed by atoms with van der Waals surface area (Å²) in [6, 6.07) is 1.99. The van der Waals surface area contributed by atoms with Crippen LogP contribution in [0.1, 0.15) is 26.1 Å². The number of H-pyrrole nitrogens is 1. The van der Waals surface area contributed by atoms with Crippen molar-refractivity contribution in [2.75, 3.05) is 0 Å². The molecule has 1 N–H and O–H groups in total. The quantitative estimate of drug-likeness (QED) is 0.717. The molecule has 0 aliphatic heterocycles. The predicted octanol–water partition coefficient (Wildman–Crippen LogP) is 2.21. The number of nitriles is 1. The van der Waals surface area contributed by atoms with Crippen molar-refractivity contribution in [3.63, 3.8) is 0 Å². The molecule has 1 aromatic rings. The summed E-state index contributed by atoms with van der Waals surface area (Å²) in [5.74, 6) is 0.631. The van der Waals surface area contributed by atoms with Gasteiger partial charge in [-0.05, 0) is 12.2 Å². The average Bonchev–Trinajstić information content (AvgIpc) is 2.51. The number of aromatic nitrogens is 2. The molecule has 4 nitrogen and oxygen atoms in total. The molecule has 0 radical (unpaired) electrons. The van der Waals surface area contributed by atoms with E-state index in [0.29, 0.717) is 18.7 Å². The van der Waals surface area contributed by atoms with E-state index in [1.807, 2.05) is 19.9 Å². The first kappa shape index (κ1) is 10.8. The lowest BCUT2D eigenvalue weighted by Gasteiger charge is -1.81. The summed E-state index contributed by atoms with van der Waals surface area (Å²) in [7, 11) is 0. The topological polar surface area (TPSA) is 65.6 Å². The number of nitrogens with zero attached hydrogens (tertiary/aromatic N) is 2. The molecule has 0 atom stereocenters. The Morgan fingerprint density at radius 3 is 2.75 bits per heavy atom. The molecule has 0 amide bonds. The van der Waals surface area contributed by atoms with Crippen molar-refractivity contribution in [1.82, 2.24) is 10.1 Å². The van der Waals surface area contributed by atoms with Gasteiger partial charge in [0.15, 0.2) is 0 Å². The summed E-state index contributed by atoms with van der Waals surface area (Å²) in [6.45, 7) is 4.00. The van der Waals surface area contributed by atoms with Gasteiger partial charge in [-0.25, -0.2) is 5.16 Å². The van der Waals surface area contributed by atoms with Crippen LogP contribution >= 0.6 is 12.2 Å². The average molecular weight is 185 g/mol. The lowest BCUT2D eigenvalue weighted by Crippen LogP contribution is -1.84. The molecule has 0 saturated heterocycles. The SMILES string of the molecule is CC.N#CCCc1nc(=S)o[nH]1. The van der Waals surface area contributed by atoms with Crippen LogP contribution in [0.2, 0.25) is 0 Å². The Morgan fingerprint density at radius 2 is 2.33 bits per heavy atom. The number of aromatic amines is 1. The monoisotopic (exact) mass is 185 g/mol. The van der Waals surface area contributed by atoms with Gasteiger partial charge >= 0.3 is 4.84 Å². The van der Waals surface area contributed by atoms with Gasteiger partial charge in [0.05, 0.1) is 6.07 Å². The fourth-order valence-corrected chi connectivity index (χ4v) is 0.691. The fraction of sp³-hybridized carbons (Fsp3) is 0.571. The zero-order valence-corrected chi connectivity index (χ0v) is 7.94. The summed E-state index contributed by atoms with van der Waals surface area (Å²) in [6.07, 6.45) is 0.994. The van der Waals surface area contributed by atoms with E-state index in [0.717, 1.165) is 0 Å². The van der Waals surface area contributed by atoms with E-state index in [1.54, 1.807) is 0 Å². The van der Waals surface area contributed by atoms with Crippen LogP contribution in [-0.2, 0) is 6.42 Å². The van der Waals surface area contributed by atoms with Crippen LogP contribution in [0.5, 0.6) is 0 Å². The van der Waals surface area contributed by atoms with Crippen LogP contribution in [-0.4, -0.2) is 10.1 Å². The summed E-state index contributed by atoms with van der Waals surface area (Å²) in [5.41, 5.74) is 0. The number of nitrogens with one attached hydrogen (secondary N) is 1. The van der Waals surface area contributed by atoms with Crippen molar-refractivity contribution in [2.45, 2.75) is 26.7 Å². The lowest BCUT2D eigenvalue weighted by molar-refractivity contribution is 0.398. The van der Waals surface area contributed by atoms with Crippen LogP contribution in [0.3, 0.4) is 0 Å². The standard InChI is InChI=1S/C5H5N3OS.C2H6/c6-3-1-2-4-7-5(10)9-8-4;1-2/h1-2H2,(H,7,8,10);1-2H3. The van der Waals surface area contributed by atoms with Crippen molar-refractivity contribution < 1.29 is 4.52 Å². The van der Waals surface area contributed by atoms with E-state index < -0.39 is 0 Å². The second-order valence-corrected chi connectivity index (χ2v) is 2.04. The van der Waals surface area contributed by atoms with Crippen molar-refractivity contribution in [2.24, 2.45) is 0 Å². The van der Waals surface area contributed by atoms with Crippen molar-refractivity contribution in [3.8, 4) is 6.07 Å². The Bertz CT molecular complexity index is 296. The fourth-order valence-electron chi connectivity index (χ4n) is 0.540. The molecule has 0 aliphatic rings. The molecule has 0 fully saturated rings. The molecule has 0 spiro atoms. The minimum Gasteiger partial charge on any atom is -0.348 e. The highest BCUT2D eigenvalue weighted by Gasteiger charge is 1.95. The zero-order chi connectivity index (χ0) is 9.40. The number of rotatable bonds is 2. The van der Waals surface area contributed by atoms with Gasteiger partial charge in [-0.1, -0.05) is 13.8 Å². The van der Waals surface area contributed by atoms with Gasteiger partial charge in [-0.2, -0.15) is 10.2 Å². The Balaban J connectivity index is 0.000000561. The maximum absolute atomic E-state index is 8.19. The summed E-state index contributed by atoms with van der Waals surface area (Å²) in [5, 5.41) is 10.7. The molecule has 66 valence electrons. The number of hydrogen-bond acceptors (Lipinski definition) is 4. The molecular weight excluding hydrogens is 174 g/mol. The van der Waals surface area contributed by atoms with Crippen LogP contribution in [0.25, 0.3) is 0 Å². The second kappa shape index (κ2) is 6.55. The molecule has 1 aromatic heterocycles. The van der Waals surface area contributed by atoms with Crippen LogP contribution < -0.4 is 0 Å². The van der Waals surface area contributed by atoms with Gasteiger partial charge in [0.1, 0.15) is 5.82 Å². The van der Waals surface area contributed by atoms with Crippen molar-refractivity contribution in [3.05, 3.63) is 10.7 Å². The van der Waals surface area contributed by atoms with Crippen LogP contribution in [0.4, 0.5) is 0 Å². The van der Waals surface area contributed by atoms with Crippen LogP contribution in [0, 0.1) is 16.2 Å². The third-order valence-electron chi connectivity index (χ3n) is 0.956. The van der Waals surface area contributed by atoms with E-state index in [1.165, 1.54) is 0 Å². The molecule has 12 heavy (non-hydrogen) atoms. The normalized spacial score (nSPS) is 8.08. The molecule has 0 aliphatic carbocycles. The van der Waals surface area contributed by atoms with E-state index in [-0.39, 0.29) is 4.84 Å². The third-order valence-corrected chi connectivity index (χ3v) is 1.13. The van der Waals surface area contributed by atoms with Gasteiger partial charge < -0.3 is 4.52 Å².